The van der Waals surface area contributed by atoms with Gasteiger partial charge in [-0.05, 0) is 0 Å². The van der Waals surface area contributed by atoms with Gasteiger partial charge in [-0.1, -0.05) is 12.2 Å². The van der Waals surface area contributed by atoms with Gasteiger partial charge < -0.3 is 14.6 Å². The van der Waals surface area contributed by atoms with Gasteiger partial charge in [-0.25, -0.2) is 0 Å². The van der Waals surface area contributed by atoms with Crippen LogP contribution in [0, 0.1) is 0 Å². The van der Waals surface area contributed by atoms with E-state index in [9.17, 15) is 0 Å². The maximum atomic E-state index is 8.36. The molecule has 0 aromatic rings. The van der Waals surface area contributed by atoms with Gasteiger partial charge in [0.15, 0.2) is 6.29 Å². The molecule has 0 fully saturated rings. The average Bonchev–Trinajstić information content (AvgIpc) is 1.99. The Morgan fingerprint density at radius 2 is 1.90 bits per heavy atom. The lowest BCUT2D eigenvalue weighted by Gasteiger charge is -2.09. The Labute approximate surface area is 61.3 Å². The number of aliphatic hydroxyl groups excluding tert-OH is 1. The molecule has 0 aliphatic carbocycles. The van der Waals surface area contributed by atoms with Crippen LogP contribution < -0.4 is 0 Å². The summed E-state index contributed by atoms with van der Waals surface area (Å²) in [7, 11) is 3.17. The van der Waals surface area contributed by atoms with E-state index in [-0.39, 0.29) is 12.9 Å². The molecular formula is C7H14O3. The molecule has 0 aromatic carbocycles. The molecule has 10 heavy (non-hydrogen) atoms. The Balaban J connectivity index is 3.34. The maximum absolute atomic E-state index is 8.36. The molecule has 0 spiro atoms. The maximum Gasteiger partial charge on any atom is 0.160 e. The van der Waals surface area contributed by atoms with Crippen LogP contribution in [0.2, 0.25) is 0 Å². The van der Waals surface area contributed by atoms with Crippen LogP contribution >= 0.6 is 0 Å². The molecule has 0 aliphatic heterocycles. The Hall–Kier alpha value is -0.380. The predicted molar refractivity (Wildman–Crippen MR) is 38.6 cm³/mol. The second kappa shape index (κ2) is 6.74. The third-order valence-electron chi connectivity index (χ3n) is 1.13. The zero-order chi connectivity index (χ0) is 7.82. The van der Waals surface area contributed by atoms with Crippen LogP contribution in [0.3, 0.4) is 0 Å². The molecule has 0 radical (unpaired) electrons. The molecule has 0 saturated heterocycles. The molecular weight excluding hydrogens is 132 g/mol. The monoisotopic (exact) mass is 146 g/mol. The fraction of sp³-hybridized carbons (Fsp3) is 0.714. The smallest absolute Gasteiger partial charge is 0.160 e. The third-order valence-corrected chi connectivity index (χ3v) is 1.13. The van der Waals surface area contributed by atoms with E-state index in [1.165, 1.54) is 0 Å². The standard InChI is InChI=1S/C7H14O3/c1-9-7(10-2)5-3-4-6-8/h3-4,7-8H,5-6H2,1-2H3/b4-3-. The summed E-state index contributed by atoms with van der Waals surface area (Å²) in [4.78, 5) is 0. The topological polar surface area (TPSA) is 38.7 Å². The molecule has 0 aliphatic rings. The van der Waals surface area contributed by atoms with E-state index in [0.717, 1.165) is 0 Å². The van der Waals surface area contributed by atoms with Crippen molar-refractivity contribution < 1.29 is 14.6 Å². The van der Waals surface area contributed by atoms with Gasteiger partial charge in [0, 0.05) is 20.6 Å². The molecule has 0 aromatic heterocycles. The summed E-state index contributed by atoms with van der Waals surface area (Å²) in [5.74, 6) is 0. The largest absolute Gasteiger partial charge is 0.392 e. The van der Waals surface area contributed by atoms with Crippen molar-refractivity contribution in [2.45, 2.75) is 12.7 Å². The Bertz CT molecular complexity index is 86.9. The van der Waals surface area contributed by atoms with E-state index in [2.05, 4.69) is 0 Å². The Kier molecular flexibility index (Phi) is 6.48. The summed E-state index contributed by atoms with van der Waals surface area (Å²) in [6.07, 6.45) is 3.96. The van der Waals surface area contributed by atoms with Gasteiger partial charge in [-0.3, -0.25) is 0 Å². The van der Waals surface area contributed by atoms with Crippen LogP contribution in [0.1, 0.15) is 6.42 Å². The van der Waals surface area contributed by atoms with Gasteiger partial charge in [0.1, 0.15) is 0 Å². The molecule has 0 rings (SSSR count). The van der Waals surface area contributed by atoms with E-state index >= 15 is 0 Å². The van der Waals surface area contributed by atoms with Crippen molar-refractivity contribution in [3.63, 3.8) is 0 Å². The van der Waals surface area contributed by atoms with Crippen LogP contribution in [0.15, 0.2) is 12.2 Å². The van der Waals surface area contributed by atoms with Gasteiger partial charge in [0.25, 0.3) is 0 Å². The molecule has 0 amide bonds. The fourth-order valence-corrected chi connectivity index (χ4v) is 0.571. The molecule has 0 saturated carbocycles. The van der Waals surface area contributed by atoms with Crippen LogP contribution in [0.5, 0.6) is 0 Å². The lowest BCUT2D eigenvalue weighted by Crippen LogP contribution is -2.10. The Morgan fingerprint density at radius 1 is 1.30 bits per heavy atom. The number of hydrogen-bond donors (Lipinski definition) is 1. The molecule has 0 bridgehead atoms. The first kappa shape index (κ1) is 9.62. The molecule has 3 heteroatoms. The van der Waals surface area contributed by atoms with Crippen LogP contribution in [-0.2, 0) is 9.47 Å². The van der Waals surface area contributed by atoms with E-state index in [4.69, 9.17) is 14.6 Å². The highest BCUT2D eigenvalue weighted by atomic mass is 16.7. The van der Waals surface area contributed by atoms with Gasteiger partial charge in [-0.2, -0.15) is 0 Å². The minimum atomic E-state index is -0.192. The quantitative estimate of drug-likeness (QED) is 0.454. The predicted octanol–water partition coefficient (Wildman–Crippen LogP) is 0.544. The average molecular weight is 146 g/mol. The molecule has 3 nitrogen and oxygen atoms in total. The number of ether oxygens (including phenoxy) is 2. The van der Waals surface area contributed by atoms with Gasteiger partial charge in [0.2, 0.25) is 0 Å². The van der Waals surface area contributed by atoms with Crippen molar-refractivity contribution in [3.05, 3.63) is 12.2 Å². The van der Waals surface area contributed by atoms with Crippen LogP contribution in [0.25, 0.3) is 0 Å². The summed E-state index contributed by atoms with van der Waals surface area (Å²) >= 11 is 0. The summed E-state index contributed by atoms with van der Waals surface area (Å²) in [5.41, 5.74) is 0. The molecule has 60 valence electrons. The molecule has 0 heterocycles. The highest BCUT2D eigenvalue weighted by Crippen LogP contribution is 1.97. The number of methoxy groups -OCH3 is 2. The highest BCUT2D eigenvalue weighted by Gasteiger charge is 1.99. The lowest BCUT2D eigenvalue weighted by atomic mass is 10.4. The third kappa shape index (κ3) is 4.49. The number of hydrogen-bond acceptors (Lipinski definition) is 3. The van der Waals surface area contributed by atoms with Crippen molar-refractivity contribution in [3.8, 4) is 0 Å². The van der Waals surface area contributed by atoms with E-state index in [1.807, 2.05) is 6.08 Å². The fourth-order valence-electron chi connectivity index (χ4n) is 0.571. The summed E-state index contributed by atoms with van der Waals surface area (Å²) in [6.45, 7) is 0.0696. The SMILES string of the molecule is COC(C/C=C\CO)OC. The van der Waals surface area contributed by atoms with Gasteiger partial charge >= 0.3 is 0 Å². The second-order valence-electron chi connectivity index (χ2n) is 1.79. The minimum Gasteiger partial charge on any atom is -0.392 e. The normalized spacial score (nSPS) is 11.6. The van der Waals surface area contributed by atoms with E-state index in [0.29, 0.717) is 6.42 Å². The summed E-state index contributed by atoms with van der Waals surface area (Å²) in [5, 5.41) is 8.36. The first-order valence-electron chi connectivity index (χ1n) is 3.16. The molecule has 0 unspecified atom stereocenters. The Morgan fingerprint density at radius 3 is 2.30 bits per heavy atom. The van der Waals surface area contributed by atoms with Crippen molar-refractivity contribution in [2.24, 2.45) is 0 Å². The van der Waals surface area contributed by atoms with Crippen molar-refractivity contribution in [2.75, 3.05) is 20.8 Å². The first-order valence-corrected chi connectivity index (χ1v) is 3.16. The summed E-state index contributed by atoms with van der Waals surface area (Å²) in [6, 6.07) is 0. The van der Waals surface area contributed by atoms with Gasteiger partial charge in [-0.15, -0.1) is 0 Å². The van der Waals surface area contributed by atoms with Crippen LogP contribution in [-0.4, -0.2) is 32.2 Å². The zero-order valence-corrected chi connectivity index (χ0v) is 6.41. The highest BCUT2D eigenvalue weighted by molar-refractivity contribution is 4.81. The van der Waals surface area contributed by atoms with Gasteiger partial charge in [0.05, 0.1) is 6.61 Å². The lowest BCUT2D eigenvalue weighted by molar-refractivity contribution is -0.0986. The van der Waals surface area contributed by atoms with Crippen LogP contribution in [0.4, 0.5) is 0 Å². The van der Waals surface area contributed by atoms with Crippen molar-refractivity contribution in [1.82, 2.24) is 0 Å². The first-order chi connectivity index (χ1) is 4.85. The second-order valence-corrected chi connectivity index (χ2v) is 1.79. The minimum absolute atomic E-state index is 0.0696. The zero-order valence-electron chi connectivity index (χ0n) is 6.41. The number of aliphatic hydroxyl groups is 1. The molecule has 0 atom stereocenters. The summed E-state index contributed by atoms with van der Waals surface area (Å²) < 4.78 is 9.78. The molecule has 1 N–H and O–H groups in total. The van der Waals surface area contributed by atoms with Crippen molar-refractivity contribution >= 4 is 0 Å². The number of rotatable bonds is 5. The van der Waals surface area contributed by atoms with E-state index in [1.54, 1.807) is 20.3 Å². The van der Waals surface area contributed by atoms with Crippen molar-refractivity contribution in [1.29, 1.82) is 0 Å². The van der Waals surface area contributed by atoms with E-state index < -0.39 is 0 Å².